The van der Waals surface area contributed by atoms with E-state index in [4.69, 9.17) is 18.0 Å². The van der Waals surface area contributed by atoms with E-state index in [1.54, 1.807) is 0 Å². The summed E-state index contributed by atoms with van der Waals surface area (Å²) in [5.41, 5.74) is 0.847. The number of hydrogen-bond donors (Lipinski definition) is 1. The van der Waals surface area contributed by atoms with E-state index in [1.807, 2.05) is 13.8 Å². The van der Waals surface area contributed by atoms with Gasteiger partial charge in [0.05, 0.1) is 6.04 Å². The van der Waals surface area contributed by atoms with Crippen LogP contribution in [-0.4, -0.2) is 16.0 Å². The highest BCUT2D eigenvalue weighted by molar-refractivity contribution is 6.30. The van der Waals surface area contributed by atoms with E-state index >= 15 is 0 Å². The number of nitrogens with zero attached hydrogens (tertiary/aromatic N) is 2. The fraction of sp³-hybridized carbons (Fsp3) is 0.538. The average Bonchev–Trinajstić information content (AvgIpc) is 2.33. The minimum Gasteiger partial charge on any atom is -0.356 e. The second-order valence-electron chi connectivity index (χ2n) is 3.91. The van der Waals surface area contributed by atoms with Gasteiger partial charge in [0.15, 0.2) is 0 Å². The van der Waals surface area contributed by atoms with Crippen molar-refractivity contribution < 1.29 is 0 Å². The largest absolute Gasteiger partial charge is 0.356 e. The van der Waals surface area contributed by atoms with Crippen LogP contribution in [0.2, 0.25) is 5.15 Å². The molecular formula is C13H18ClN3. The van der Waals surface area contributed by atoms with Crippen LogP contribution in [-0.2, 0) is 6.42 Å². The molecule has 0 aliphatic heterocycles. The van der Waals surface area contributed by atoms with Gasteiger partial charge >= 0.3 is 0 Å². The van der Waals surface area contributed by atoms with Crippen LogP contribution in [0.15, 0.2) is 0 Å². The Morgan fingerprint density at radius 2 is 2.12 bits per heavy atom. The van der Waals surface area contributed by atoms with E-state index < -0.39 is 0 Å². The molecule has 0 radical (unpaired) electrons. The molecule has 1 N–H and O–H groups in total. The molecule has 0 aliphatic carbocycles. The molecule has 0 aliphatic rings. The summed E-state index contributed by atoms with van der Waals surface area (Å²) in [4.78, 5) is 8.61. The number of anilines is 1. The second kappa shape index (κ2) is 6.46. The Morgan fingerprint density at radius 3 is 2.65 bits per heavy atom. The predicted octanol–water partition coefficient (Wildman–Crippen LogP) is 3.21. The molecule has 92 valence electrons. The van der Waals surface area contributed by atoms with Gasteiger partial charge in [-0.05, 0) is 13.3 Å². The molecule has 3 nitrogen and oxygen atoms in total. The zero-order valence-corrected chi connectivity index (χ0v) is 11.3. The van der Waals surface area contributed by atoms with E-state index in [9.17, 15) is 0 Å². The summed E-state index contributed by atoms with van der Waals surface area (Å²) in [6.07, 6.45) is 8.17. The first-order valence-electron chi connectivity index (χ1n) is 5.88. The van der Waals surface area contributed by atoms with Crippen molar-refractivity contribution in [2.24, 2.45) is 0 Å². The normalized spacial score (nSPS) is 11.9. The van der Waals surface area contributed by atoms with Crippen LogP contribution in [0.3, 0.4) is 0 Å². The van der Waals surface area contributed by atoms with Crippen molar-refractivity contribution >= 4 is 17.4 Å². The summed E-state index contributed by atoms with van der Waals surface area (Å²) >= 11 is 6.06. The SMILES string of the molecule is C#CC(CCC)Nc1nc(CC)nc(Cl)c1C. The lowest BCUT2D eigenvalue weighted by Gasteiger charge is -2.15. The predicted molar refractivity (Wildman–Crippen MR) is 72.3 cm³/mol. The molecule has 1 rings (SSSR count). The van der Waals surface area contributed by atoms with E-state index in [1.165, 1.54) is 0 Å². The zero-order chi connectivity index (χ0) is 12.8. The first-order chi connectivity index (χ1) is 8.12. The summed E-state index contributed by atoms with van der Waals surface area (Å²) in [7, 11) is 0. The highest BCUT2D eigenvalue weighted by Crippen LogP contribution is 2.21. The fourth-order valence-corrected chi connectivity index (χ4v) is 1.67. The molecule has 0 bridgehead atoms. The Kier molecular flexibility index (Phi) is 5.24. The van der Waals surface area contributed by atoms with Gasteiger partial charge in [0.25, 0.3) is 0 Å². The van der Waals surface area contributed by atoms with Gasteiger partial charge < -0.3 is 5.32 Å². The molecule has 0 spiro atoms. The van der Waals surface area contributed by atoms with E-state index in [2.05, 4.69) is 28.1 Å². The summed E-state index contributed by atoms with van der Waals surface area (Å²) < 4.78 is 0. The van der Waals surface area contributed by atoms with Gasteiger partial charge in [-0.3, -0.25) is 0 Å². The molecule has 1 unspecified atom stereocenters. The third kappa shape index (κ3) is 3.61. The van der Waals surface area contributed by atoms with Gasteiger partial charge in [-0.25, -0.2) is 9.97 Å². The number of terminal acetylenes is 1. The first kappa shape index (κ1) is 13.8. The standard InChI is InChI=1S/C13H18ClN3/c1-5-8-10(6-2)15-13-9(4)12(14)16-11(7-3)17-13/h2,10H,5,7-8H2,1,3-4H3,(H,15,16,17). The molecular weight excluding hydrogens is 234 g/mol. The third-order valence-corrected chi connectivity index (χ3v) is 2.91. The van der Waals surface area contributed by atoms with Crippen molar-refractivity contribution in [3.63, 3.8) is 0 Å². The smallest absolute Gasteiger partial charge is 0.137 e. The molecule has 4 heteroatoms. The minimum atomic E-state index is -0.00521. The van der Waals surface area contributed by atoms with Crippen LogP contribution in [0.1, 0.15) is 38.1 Å². The monoisotopic (exact) mass is 251 g/mol. The number of aromatic nitrogens is 2. The molecule has 0 fully saturated rings. The van der Waals surface area contributed by atoms with Gasteiger partial charge in [0.2, 0.25) is 0 Å². The quantitative estimate of drug-likeness (QED) is 0.645. The molecule has 0 saturated carbocycles. The average molecular weight is 252 g/mol. The van der Waals surface area contributed by atoms with Crippen LogP contribution in [0, 0.1) is 19.3 Å². The maximum Gasteiger partial charge on any atom is 0.137 e. The van der Waals surface area contributed by atoms with E-state index in [0.29, 0.717) is 5.15 Å². The lowest BCUT2D eigenvalue weighted by Crippen LogP contribution is -2.19. The van der Waals surface area contributed by atoms with Crippen LogP contribution in [0.4, 0.5) is 5.82 Å². The zero-order valence-electron chi connectivity index (χ0n) is 10.5. The van der Waals surface area contributed by atoms with E-state index in [0.717, 1.165) is 36.5 Å². The summed E-state index contributed by atoms with van der Waals surface area (Å²) in [5.74, 6) is 4.20. The highest BCUT2D eigenvalue weighted by Gasteiger charge is 2.11. The van der Waals surface area contributed by atoms with Gasteiger partial charge in [-0.2, -0.15) is 0 Å². The van der Waals surface area contributed by atoms with Crippen molar-refractivity contribution in [1.82, 2.24) is 9.97 Å². The topological polar surface area (TPSA) is 37.8 Å². The van der Waals surface area contributed by atoms with Crippen LogP contribution in [0.5, 0.6) is 0 Å². The van der Waals surface area contributed by atoms with Crippen molar-refractivity contribution in [1.29, 1.82) is 0 Å². The van der Waals surface area contributed by atoms with Crippen LogP contribution in [0.25, 0.3) is 0 Å². The Labute approximate surface area is 108 Å². The second-order valence-corrected chi connectivity index (χ2v) is 4.27. The summed E-state index contributed by atoms with van der Waals surface area (Å²) in [6.45, 7) is 5.99. The number of halogens is 1. The van der Waals surface area contributed by atoms with Crippen LogP contribution >= 0.6 is 11.6 Å². The third-order valence-electron chi connectivity index (χ3n) is 2.54. The molecule has 17 heavy (non-hydrogen) atoms. The van der Waals surface area contributed by atoms with Crippen LogP contribution < -0.4 is 5.32 Å². The Bertz CT molecular complexity index is 423. The molecule has 1 aromatic rings. The van der Waals surface area contributed by atoms with E-state index in [-0.39, 0.29) is 6.04 Å². The summed E-state index contributed by atoms with van der Waals surface area (Å²) in [5, 5.41) is 3.73. The molecule has 1 aromatic heterocycles. The van der Waals surface area contributed by atoms with Gasteiger partial charge in [-0.1, -0.05) is 37.8 Å². The number of aryl methyl sites for hydroxylation is 1. The summed E-state index contributed by atoms with van der Waals surface area (Å²) in [6, 6.07) is -0.00521. The van der Waals surface area contributed by atoms with Gasteiger partial charge in [0, 0.05) is 12.0 Å². The molecule has 0 saturated heterocycles. The Balaban J connectivity index is 2.97. The molecule has 1 heterocycles. The number of rotatable bonds is 5. The van der Waals surface area contributed by atoms with Crippen molar-refractivity contribution in [2.45, 2.75) is 46.1 Å². The molecule has 1 atom stereocenters. The maximum absolute atomic E-state index is 6.06. The van der Waals surface area contributed by atoms with Crippen molar-refractivity contribution in [2.75, 3.05) is 5.32 Å². The minimum absolute atomic E-state index is 0.00521. The highest BCUT2D eigenvalue weighted by atomic mass is 35.5. The number of hydrogen-bond acceptors (Lipinski definition) is 3. The Hall–Kier alpha value is -1.27. The molecule has 0 aromatic carbocycles. The van der Waals surface area contributed by atoms with Crippen molar-refractivity contribution in [3.8, 4) is 12.3 Å². The van der Waals surface area contributed by atoms with Crippen molar-refractivity contribution in [3.05, 3.63) is 16.5 Å². The fourth-order valence-electron chi connectivity index (χ4n) is 1.48. The lowest BCUT2D eigenvalue weighted by molar-refractivity contribution is 0.749. The van der Waals surface area contributed by atoms with Gasteiger partial charge in [-0.15, -0.1) is 6.42 Å². The lowest BCUT2D eigenvalue weighted by atomic mass is 10.1. The number of nitrogens with one attached hydrogen (secondary N) is 1. The molecule has 0 amide bonds. The van der Waals surface area contributed by atoms with Gasteiger partial charge in [0.1, 0.15) is 16.8 Å². The first-order valence-corrected chi connectivity index (χ1v) is 6.25. The Morgan fingerprint density at radius 1 is 1.41 bits per heavy atom. The maximum atomic E-state index is 6.06.